The number of carbonyl (C=O) groups excluding carboxylic acids is 1. The van der Waals surface area contributed by atoms with Gasteiger partial charge < -0.3 is 15.3 Å². The SMILES string of the molecule is C=CCCCN(C)C(=O)NC(CC(=O)O)C1CC1. The maximum atomic E-state index is 11.9. The first-order chi connectivity index (χ1) is 8.54. The van der Waals surface area contributed by atoms with Gasteiger partial charge in [0.2, 0.25) is 0 Å². The van der Waals surface area contributed by atoms with Crippen molar-refractivity contribution in [3.8, 4) is 0 Å². The van der Waals surface area contributed by atoms with E-state index in [0.29, 0.717) is 12.5 Å². The van der Waals surface area contributed by atoms with E-state index in [4.69, 9.17) is 5.11 Å². The van der Waals surface area contributed by atoms with Gasteiger partial charge in [0.15, 0.2) is 0 Å². The van der Waals surface area contributed by atoms with Crippen molar-refractivity contribution in [2.45, 2.75) is 38.1 Å². The molecule has 0 saturated heterocycles. The monoisotopic (exact) mass is 254 g/mol. The van der Waals surface area contributed by atoms with Gasteiger partial charge in [0.25, 0.3) is 0 Å². The molecule has 0 aromatic rings. The molecule has 0 aromatic heterocycles. The van der Waals surface area contributed by atoms with Crippen molar-refractivity contribution in [3.63, 3.8) is 0 Å². The molecule has 2 amide bonds. The summed E-state index contributed by atoms with van der Waals surface area (Å²) in [5.41, 5.74) is 0. The molecular formula is C13H22N2O3. The highest BCUT2D eigenvalue weighted by Gasteiger charge is 2.34. The number of rotatable bonds is 8. The van der Waals surface area contributed by atoms with Crippen LogP contribution in [-0.2, 0) is 4.79 Å². The van der Waals surface area contributed by atoms with E-state index in [9.17, 15) is 9.59 Å². The van der Waals surface area contributed by atoms with Crippen molar-refractivity contribution in [1.82, 2.24) is 10.2 Å². The van der Waals surface area contributed by atoms with Crippen LogP contribution in [0, 0.1) is 5.92 Å². The largest absolute Gasteiger partial charge is 0.481 e. The lowest BCUT2D eigenvalue weighted by atomic mass is 10.1. The molecule has 1 unspecified atom stereocenters. The number of aliphatic carboxylic acids is 1. The Bertz CT molecular complexity index is 313. The highest BCUT2D eigenvalue weighted by molar-refractivity contribution is 5.75. The second kappa shape index (κ2) is 7.03. The zero-order valence-electron chi connectivity index (χ0n) is 10.9. The first-order valence-electron chi connectivity index (χ1n) is 6.39. The standard InChI is InChI=1S/C13H22N2O3/c1-3-4-5-8-15(2)13(18)14-11(9-12(16)17)10-6-7-10/h3,10-11H,1,4-9H2,2H3,(H,14,18)(H,16,17). The van der Waals surface area contributed by atoms with E-state index in [0.717, 1.165) is 25.7 Å². The third-order valence-corrected chi connectivity index (χ3v) is 3.14. The molecule has 0 heterocycles. The molecule has 0 spiro atoms. The average Bonchev–Trinajstić information content (AvgIpc) is 3.11. The van der Waals surface area contributed by atoms with E-state index in [2.05, 4.69) is 11.9 Å². The van der Waals surface area contributed by atoms with E-state index in [1.165, 1.54) is 0 Å². The number of urea groups is 1. The van der Waals surface area contributed by atoms with Crippen molar-refractivity contribution in [2.75, 3.05) is 13.6 Å². The van der Waals surface area contributed by atoms with Crippen molar-refractivity contribution < 1.29 is 14.7 Å². The van der Waals surface area contributed by atoms with Gasteiger partial charge in [-0.2, -0.15) is 0 Å². The second-order valence-corrected chi connectivity index (χ2v) is 4.84. The van der Waals surface area contributed by atoms with Gasteiger partial charge >= 0.3 is 12.0 Å². The number of allylic oxidation sites excluding steroid dienone is 1. The van der Waals surface area contributed by atoms with E-state index in [-0.39, 0.29) is 18.5 Å². The molecule has 5 nitrogen and oxygen atoms in total. The number of hydrogen-bond acceptors (Lipinski definition) is 2. The molecule has 0 aliphatic heterocycles. The van der Waals surface area contributed by atoms with Gasteiger partial charge in [-0.1, -0.05) is 6.08 Å². The molecule has 102 valence electrons. The van der Waals surface area contributed by atoms with Crippen LogP contribution >= 0.6 is 0 Å². The zero-order valence-corrected chi connectivity index (χ0v) is 10.9. The molecule has 5 heteroatoms. The van der Waals surface area contributed by atoms with Gasteiger partial charge in [-0.15, -0.1) is 6.58 Å². The highest BCUT2D eigenvalue weighted by atomic mass is 16.4. The van der Waals surface area contributed by atoms with Crippen molar-refractivity contribution in [1.29, 1.82) is 0 Å². The van der Waals surface area contributed by atoms with Gasteiger partial charge in [-0.05, 0) is 31.6 Å². The fraction of sp³-hybridized carbons (Fsp3) is 0.692. The molecule has 1 atom stereocenters. The predicted octanol–water partition coefficient (Wildman–Crippen LogP) is 1.85. The highest BCUT2D eigenvalue weighted by Crippen LogP contribution is 2.34. The summed E-state index contributed by atoms with van der Waals surface area (Å²) in [5.74, 6) is -0.520. The minimum atomic E-state index is -0.860. The lowest BCUT2D eigenvalue weighted by Crippen LogP contribution is -2.45. The number of unbranched alkanes of at least 4 members (excludes halogenated alkanes) is 1. The fourth-order valence-electron chi connectivity index (χ4n) is 1.87. The molecule has 1 saturated carbocycles. The zero-order chi connectivity index (χ0) is 13.5. The number of carboxylic acids is 1. The minimum Gasteiger partial charge on any atom is -0.481 e. The van der Waals surface area contributed by atoms with Gasteiger partial charge in [-0.3, -0.25) is 4.79 Å². The molecule has 1 fully saturated rings. The molecule has 1 rings (SSSR count). The number of amides is 2. The quantitative estimate of drug-likeness (QED) is 0.513. The maximum Gasteiger partial charge on any atom is 0.317 e. The first-order valence-corrected chi connectivity index (χ1v) is 6.39. The topological polar surface area (TPSA) is 69.6 Å². The summed E-state index contributed by atoms with van der Waals surface area (Å²) in [6.07, 6.45) is 5.61. The molecule has 0 radical (unpaired) electrons. The van der Waals surface area contributed by atoms with Crippen molar-refractivity contribution in [2.24, 2.45) is 5.92 Å². The van der Waals surface area contributed by atoms with E-state index >= 15 is 0 Å². The Morgan fingerprint density at radius 3 is 2.72 bits per heavy atom. The first kappa shape index (κ1) is 14.5. The molecule has 0 aromatic carbocycles. The van der Waals surface area contributed by atoms with Crippen LogP contribution < -0.4 is 5.32 Å². The summed E-state index contributed by atoms with van der Waals surface area (Å²) in [6, 6.07) is -0.408. The Morgan fingerprint density at radius 1 is 1.56 bits per heavy atom. The van der Waals surface area contributed by atoms with Gasteiger partial charge in [0.05, 0.1) is 6.42 Å². The van der Waals surface area contributed by atoms with Crippen LogP contribution in [0.4, 0.5) is 4.79 Å². The van der Waals surface area contributed by atoms with E-state index in [1.807, 2.05) is 6.08 Å². The smallest absolute Gasteiger partial charge is 0.317 e. The molecular weight excluding hydrogens is 232 g/mol. The molecule has 1 aliphatic rings. The van der Waals surface area contributed by atoms with E-state index < -0.39 is 5.97 Å². The normalized spacial score (nSPS) is 15.8. The average molecular weight is 254 g/mol. The number of carboxylic acid groups (broad SMARTS) is 1. The lowest BCUT2D eigenvalue weighted by molar-refractivity contribution is -0.137. The van der Waals surface area contributed by atoms with Crippen LogP contribution in [0.1, 0.15) is 32.1 Å². The Balaban J connectivity index is 2.35. The van der Waals surface area contributed by atoms with Gasteiger partial charge in [0.1, 0.15) is 0 Å². The third-order valence-electron chi connectivity index (χ3n) is 3.14. The van der Waals surface area contributed by atoms with Crippen molar-refractivity contribution in [3.05, 3.63) is 12.7 Å². The fourth-order valence-corrected chi connectivity index (χ4v) is 1.87. The summed E-state index contributed by atoms with van der Waals surface area (Å²) in [7, 11) is 1.73. The van der Waals surface area contributed by atoms with Crippen LogP contribution in [0.25, 0.3) is 0 Å². The molecule has 0 bridgehead atoms. The third kappa shape index (κ3) is 5.21. The summed E-state index contributed by atoms with van der Waals surface area (Å²) in [6.45, 7) is 4.29. The Labute approximate surface area is 108 Å². The maximum absolute atomic E-state index is 11.9. The Hall–Kier alpha value is -1.52. The molecule has 2 N–H and O–H groups in total. The second-order valence-electron chi connectivity index (χ2n) is 4.84. The summed E-state index contributed by atoms with van der Waals surface area (Å²) < 4.78 is 0. The Kier molecular flexibility index (Phi) is 5.68. The Morgan fingerprint density at radius 2 is 2.22 bits per heavy atom. The van der Waals surface area contributed by atoms with E-state index in [1.54, 1.807) is 11.9 Å². The number of hydrogen-bond donors (Lipinski definition) is 2. The van der Waals surface area contributed by atoms with Crippen LogP contribution in [0.3, 0.4) is 0 Å². The molecule has 1 aliphatic carbocycles. The summed E-state index contributed by atoms with van der Waals surface area (Å²) >= 11 is 0. The number of nitrogens with zero attached hydrogens (tertiary/aromatic N) is 1. The number of carbonyl (C=O) groups is 2. The van der Waals surface area contributed by atoms with Crippen LogP contribution in [0.5, 0.6) is 0 Å². The lowest BCUT2D eigenvalue weighted by Gasteiger charge is -2.22. The van der Waals surface area contributed by atoms with Gasteiger partial charge in [0, 0.05) is 19.6 Å². The number of nitrogens with one attached hydrogen (secondary N) is 1. The van der Waals surface area contributed by atoms with Crippen molar-refractivity contribution >= 4 is 12.0 Å². The van der Waals surface area contributed by atoms with Gasteiger partial charge in [-0.25, -0.2) is 4.79 Å². The van der Waals surface area contributed by atoms with Crippen LogP contribution in [0.2, 0.25) is 0 Å². The summed E-state index contributed by atoms with van der Waals surface area (Å²) in [4.78, 5) is 24.2. The molecule has 18 heavy (non-hydrogen) atoms. The summed E-state index contributed by atoms with van der Waals surface area (Å²) in [5, 5.41) is 11.6. The van der Waals surface area contributed by atoms with Crippen LogP contribution in [-0.4, -0.2) is 41.6 Å². The predicted molar refractivity (Wildman–Crippen MR) is 69.4 cm³/mol. The van der Waals surface area contributed by atoms with Crippen LogP contribution in [0.15, 0.2) is 12.7 Å². The minimum absolute atomic E-state index is 0.0108.